The van der Waals surface area contributed by atoms with Crippen LogP contribution in [-0.2, 0) is 10.5 Å². The molecule has 0 spiro atoms. The van der Waals surface area contributed by atoms with Gasteiger partial charge in [-0.3, -0.25) is 4.79 Å². The fourth-order valence-corrected chi connectivity index (χ4v) is 3.08. The average Bonchev–Trinajstić information content (AvgIpc) is 2.99. The third kappa shape index (κ3) is 3.14. The van der Waals surface area contributed by atoms with E-state index < -0.39 is 0 Å². The molecule has 2 N–H and O–H groups in total. The van der Waals surface area contributed by atoms with E-state index in [0.29, 0.717) is 5.75 Å². The quantitative estimate of drug-likeness (QED) is 0.884. The number of aromatic nitrogens is 1. The third-order valence-electron chi connectivity index (χ3n) is 2.44. The molecule has 0 radical (unpaired) electrons. The van der Waals surface area contributed by atoms with E-state index in [2.05, 4.69) is 5.16 Å². The van der Waals surface area contributed by atoms with Crippen molar-refractivity contribution in [1.82, 2.24) is 5.16 Å². The number of carbonyl (C=O) groups excluding carboxylic acids is 1. The maximum absolute atomic E-state index is 11.1. The van der Waals surface area contributed by atoms with Crippen LogP contribution < -0.4 is 5.73 Å². The zero-order valence-corrected chi connectivity index (χ0v) is 11.6. The lowest BCUT2D eigenvalue weighted by Crippen LogP contribution is -2.25. The van der Waals surface area contributed by atoms with Crippen molar-refractivity contribution in [3.63, 3.8) is 0 Å². The first kappa shape index (κ1) is 13.2. The molecule has 0 saturated carbocycles. The topological polar surface area (TPSA) is 69.1 Å². The predicted molar refractivity (Wildman–Crippen MR) is 74.4 cm³/mol. The molecule has 0 bridgehead atoms. The molecule has 2 heterocycles. The van der Waals surface area contributed by atoms with Crippen LogP contribution in [0.15, 0.2) is 28.1 Å². The third-order valence-corrected chi connectivity index (χ3v) is 4.76. The number of nitrogens with zero attached hydrogens (tertiary/aromatic N) is 1. The molecule has 4 nitrogen and oxygen atoms in total. The number of primary amides is 1. The van der Waals surface area contributed by atoms with Crippen LogP contribution in [0.4, 0.5) is 0 Å². The van der Waals surface area contributed by atoms with Gasteiger partial charge >= 0.3 is 0 Å². The van der Waals surface area contributed by atoms with E-state index in [-0.39, 0.29) is 11.2 Å². The maximum Gasteiger partial charge on any atom is 0.230 e. The summed E-state index contributed by atoms with van der Waals surface area (Å²) >= 11 is 3.11. The molecule has 2 aromatic rings. The van der Waals surface area contributed by atoms with E-state index in [9.17, 15) is 4.79 Å². The zero-order chi connectivity index (χ0) is 13.0. The highest BCUT2D eigenvalue weighted by molar-refractivity contribution is 7.99. The molecule has 1 atom stereocenters. The number of amides is 1. The number of rotatable bonds is 6. The number of hydrogen-bond acceptors (Lipinski definition) is 5. The summed E-state index contributed by atoms with van der Waals surface area (Å²) in [4.78, 5) is 12.2. The lowest BCUT2D eigenvalue weighted by molar-refractivity contribution is -0.117. The lowest BCUT2D eigenvalue weighted by atomic mass is 10.3. The van der Waals surface area contributed by atoms with Crippen molar-refractivity contribution in [3.8, 4) is 10.6 Å². The Balaban J connectivity index is 1.97. The highest BCUT2D eigenvalue weighted by Crippen LogP contribution is 2.27. The van der Waals surface area contributed by atoms with Crippen molar-refractivity contribution in [3.05, 3.63) is 29.3 Å². The summed E-state index contributed by atoms with van der Waals surface area (Å²) in [5.41, 5.74) is 6.13. The van der Waals surface area contributed by atoms with Gasteiger partial charge in [-0.15, -0.1) is 23.1 Å². The molecule has 0 fully saturated rings. The Morgan fingerprint density at radius 2 is 2.50 bits per heavy atom. The summed E-state index contributed by atoms with van der Waals surface area (Å²) < 4.78 is 5.27. The van der Waals surface area contributed by atoms with Crippen molar-refractivity contribution in [2.24, 2.45) is 5.73 Å². The van der Waals surface area contributed by atoms with Crippen molar-refractivity contribution < 1.29 is 9.32 Å². The summed E-state index contributed by atoms with van der Waals surface area (Å²) in [5, 5.41) is 5.83. The van der Waals surface area contributed by atoms with Gasteiger partial charge in [0.25, 0.3) is 0 Å². The first-order chi connectivity index (χ1) is 8.70. The molecule has 1 amide bonds. The Bertz CT molecular complexity index is 508. The van der Waals surface area contributed by atoms with Crippen LogP contribution in [0.1, 0.15) is 19.0 Å². The maximum atomic E-state index is 11.1. The predicted octanol–water partition coefficient (Wildman–Crippen LogP) is 2.90. The average molecular weight is 282 g/mol. The monoisotopic (exact) mass is 282 g/mol. The molecule has 2 rings (SSSR count). The van der Waals surface area contributed by atoms with E-state index in [1.165, 1.54) is 11.8 Å². The highest BCUT2D eigenvalue weighted by atomic mass is 32.2. The van der Waals surface area contributed by atoms with Crippen molar-refractivity contribution in [2.45, 2.75) is 24.3 Å². The highest BCUT2D eigenvalue weighted by Gasteiger charge is 2.15. The molecule has 0 aliphatic rings. The molecule has 0 saturated heterocycles. The smallest absolute Gasteiger partial charge is 0.230 e. The van der Waals surface area contributed by atoms with E-state index in [4.69, 9.17) is 10.3 Å². The van der Waals surface area contributed by atoms with Crippen LogP contribution in [0.3, 0.4) is 0 Å². The van der Waals surface area contributed by atoms with Crippen molar-refractivity contribution in [2.75, 3.05) is 0 Å². The molecular weight excluding hydrogens is 268 g/mol. The fourth-order valence-electron chi connectivity index (χ4n) is 1.50. The van der Waals surface area contributed by atoms with Gasteiger partial charge < -0.3 is 10.3 Å². The van der Waals surface area contributed by atoms with Crippen LogP contribution in [0.2, 0.25) is 0 Å². The number of nitrogens with two attached hydrogens (primary N) is 1. The van der Waals surface area contributed by atoms with E-state index in [1.54, 1.807) is 11.3 Å². The van der Waals surface area contributed by atoms with Gasteiger partial charge in [-0.2, -0.15) is 0 Å². The molecule has 0 aromatic carbocycles. The van der Waals surface area contributed by atoms with Gasteiger partial charge in [0.2, 0.25) is 5.91 Å². The normalized spacial score (nSPS) is 12.5. The van der Waals surface area contributed by atoms with Crippen molar-refractivity contribution in [1.29, 1.82) is 0 Å². The van der Waals surface area contributed by atoms with Gasteiger partial charge in [-0.1, -0.05) is 18.1 Å². The van der Waals surface area contributed by atoms with Gasteiger partial charge in [-0.05, 0) is 17.9 Å². The van der Waals surface area contributed by atoms with Gasteiger partial charge in [0.15, 0.2) is 5.76 Å². The van der Waals surface area contributed by atoms with Crippen LogP contribution in [0, 0.1) is 0 Å². The van der Waals surface area contributed by atoms with E-state index in [0.717, 1.165) is 22.8 Å². The first-order valence-electron chi connectivity index (χ1n) is 5.61. The molecule has 18 heavy (non-hydrogen) atoms. The van der Waals surface area contributed by atoms with Crippen LogP contribution >= 0.6 is 23.1 Å². The first-order valence-corrected chi connectivity index (χ1v) is 7.54. The Labute approximate surface area is 114 Å². The Morgan fingerprint density at radius 1 is 1.67 bits per heavy atom. The van der Waals surface area contributed by atoms with Crippen LogP contribution in [-0.4, -0.2) is 16.3 Å². The van der Waals surface area contributed by atoms with Gasteiger partial charge in [0, 0.05) is 11.8 Å². The summed E-state index contributed by atoms with van der Waals surface area (Å²) in [6, 6.07) is 5.87. The molecule has 96 valence electrons. The minimum Gasteiger partial charge on any atom is -0.369 e. The minimum atomic E-state index is -0.274. The van der Waals surface area contributed by atoms with Gasteiger partial charge in [0.1, 0.15) is 0 Å². The molecule has 0 aliphatic heterocycles. The number of thioether (sulfide) groups is 1. The van der Waals surface area contributed by atoms with Crippen LogP contribution in [0.25, 0.3) is 10.6 Å². The molecule has 0 aliphatic carbocycles. The molecule has 6 heteroatoms. The van der Waals surface area contributed by atoms with E-state index in [1.807, 2.05) is 30.5 Å². The zero-order valence-electron chi connectivity index (χ0n) is 9.96. The number of thiophene rings is 1. The fraction of sp³-hybridized carbons (Fsp3) is 0.333. The summed E-state index contributed by atoms with van der Waals surface area (Å²) in [7, 11) is 0. The standard InChI is InChI=1S/C12H14N2O2S2/c1-2-10(12(13)15)18-7-8-6-9(16-14-8)11-4-3-5-17-11/h3-6,10H,2,7H2,1H3,(H2,13,15)/t10-/m1/s1. The molecule has 2 aromatic heterocycles. The van der Waals surface area contributed by atoms with E-state index >= 15 is 0 Å². The molecular formula is C12H14N2O2S2. The summed E-state index contributed by atoms with van der Waals surface area (Å²) in [6.45, 7) is 1.95. The summed E-state index contributed by atoms with van der Waals surface area (Å²) in [6.07, 6.45) is 0.732. The Kier molecular flexibility index (Phi) is 4.43. The van der Waals surface area contributed by atoms with Crippen molar-refractivity contribution >= 4 is 29.0 Å². The van der Waals surface area contributed by atoms with Crippen LogP contribution in [0.5, 0.6) is 0 Å². The second-order valence-corrected chi connectivity index (χ2v) is 5.91. The largest absolute Gasteiger partial charge is 0.369 e. The summed E-state index contributed by atoms with van der Waals surface area (Å²) in [5.74, 6) is 1.13. The Morgan fingerprint density at radius 3 is 3.11 bits per heavy atom. The number of hydrogen-bond donors (Lipinski definition) is 1. The second kappa shape index (κ2) is 6.06. The second-order valence-electron chi connectivity index (χ2n) is 3.77. The van der Waals surface area contributed by atoms with Gasteiger partial charge in [0.05, 0.1) is 15.8 Å². The molecule has 0 unspecified atom stereocenters. The Hall–Kier alpha value is -1.27. The SMILES string of the molecule is CC[C@@H](SCc1cc(-c2cccs2)on1)C(N)=O. The van der Waals surface area contributed by atoms with Gasteiger partial charge in [-0.25, -0.2) is 0 Å². The number of carbonyl (C=O) groups is 1. The minimum absolute atomic E-state index is 0.160. The lowest BCUT2D eigenvalue weighted by Gasteiger charge is -2.07.